The molecule has 0 unspecified atom stereocenters. The summed E-state index contributed by atoms with van der Waals surface area (Å²) in [7, 11) is -2.43. The minimum absolute atomic E-state index is 0.0833. The number of fused-ring (bicyclic) bond motifs is 1. The van der Waals surface area contributed by atoms with Gasteiger partial charge in [-0.1, -0.05) is 0 Å². The molecule has 2 aromatic rings. The maximum Gasteiger partial charge on any atom is 0.308 e. The van der Waals surface area contributed by atoms with Crippen molar-refractivity contribution in [1.29, 1.82) is 5.26 Å². The molecule has 1 amide bonds. The molecule has 1 saturated heterocycles. The van der Waals surface area contributed by atoms with Crippen LogP contribution in [-0.4, -0.2) is 50.3 Å². The fourth-order valence-electron chi connectivity index (χ4n) is 5.34. The van der Waals surface area contributed by atoms with E-state index < -0.39 is 15.9 Å². The molecule has 0 bridgehead atoms. The van der Waals surface area contributed by atoms with E-state index in [1.807, 2.05) is 0 Å². The second-order valence-corrected chi connectivity index (χ2v) is 13.7. The topological polar surface area (TPSA) is 129 Å². The Morgan fingerprint density at radius 2 is 1.78 bits per heavy atom. The number of anilines is 1. The van der Waals surface area contributed by atoms with Crippen molar-refractivity contribution < 1.29 is 22.7 Å². The molecule has 1 fully saturated rings. The van der Waals surface area contributed by atoms with Crippen LogP contribution in [0.3, 0.4) is 0 Å². The Morgan fingerprint density at radius 3 is 2.35 bits per heavy atom. The molecule has 3 heterocycles. The third kappa shape index (κ3) is 5.29. The number of ether oxygens (including phenoxy) is 1. The first kappa shape index (κ1) is 27.3. The largest absolute Gasteiger partial charge is 0.469 e. The average molecular weight is 545 g/mol. The predicted molar refractivity (Wildman–Crippen MR) is 141 cm³/mol. The van der Waals surface area contributed by atoms with E-state index in [4.69, 9.17) is 4.74 Å². The van der Waals surface area contributed by atoms with Gasteiger partial charge in [0.1, 0.15) is 11.1 Å². The summed E-state index contributed by atoms with van der Waals surface area (Å²) in [5.41, 5.74) is 1.17. The number of sulfonamides is 1. The van der Waals surface area contributed by atoms with Crippen LogP contribution < -0.4 is 10.6 Å². The van der Waals surface area contributed by atoms with Gasteiger partial charge in [-0.15, -0.1) is 11.3 Å². The molecule has 37 heavy (non-hydrogen) atoms. The van der Waals surface area contributed by atoms with Gasteiger partial charge in [0.25, 0.3) is 5.91 Å². The molecule has 0 aliphatic carbocycles. The second kappa shape index (κ2) is 9.83. The zero-order valence-corrected chi connectivity index (χ0v) is 23.3. The molecule has 1 aromatic heterocycles. The summed E-state index contributed by atoms with van der Waals surface area (Å²) in [6, 6.07) is 8.04. The number of nitrogens with one attached hydrogen (secondary N) is 2. The minimum Gasteiger partial charge on any atom is -0.469 e. The number of benzene rings is 1. The number of amides is 1. The normalized spacial score (nSPS) is 19.5. The predicted octanol–water partition coefficient (Wildman–Crippen LogP) is 3.61. The Hall–Kier alpha value is -2.78. The fraction of sp³-hybridized carbons (Fsp3) is 0.500. The van der Waals surface area contributed by atoms with Gasteiger partial charge >= 0.3 is 5.97 Å². The van der Waals surface area contributed by atoms with Crippen molar-refractivity contribution in [2.24, 2.45) is 5.92 Å². The molecule has 2 aliphatic rings. The van der Waals surface area contributed by atoms with Crippen molar-refractivity contribution in [2.45, 2.75) is 62.9 Å². The monoisotopic (exact) mass is 544 g/mol. The van der Waals surface area contributed by atoms with Crippen LogP contribution in [-0.2, 0) is 31.5 Å². The van der Waals surface area contributed by atoms with Crippen molar-refractivity contribution in [3.63, 3.8) is 0 Å². The van der Waals surface area contributed by atoms with Crippen LogP contribution in [0.2, 0.25) is 0 Å². The lowest BCUT2D eigenvalue weighted by molar-refractivity contribution is -0.146. The molecule has 0 radical (unpaired) electrons. The molecule has 0 atom stereocenters. The summed E-state index contributed by atoms with van der Waals surface area (Å²) >= 11 is 1.39. The van der Waals surface area contributed by atoms with Crippen molar-refractivity contribution in [1.82, 2.24) is 9.62 Å². The van der Waals surface area contributed by atoms with Gasteiger partial charge < -0.3 is 15.4 Å². The Balaban J connectivity index is 1.50. The van der Waals surface area contributed by atoms with E-state index in [9.17, 15) is 23.3 Å². The third-order valence-corrected chi connectivity index (χ3v) is 10.3. The molecule has 0 saturated carbocycles. The van der Waals surface area contributed by atoms with E-state index in [1.165, 1.54) is 47.0 Å². The fourth-order valence-corrected chi connectivity index (χ4v) is 8.03. The number of carbonyl (C=O) groups is 2. The smallest absolute Gasteiger partial charge is 0.308 e. The van der Waals surface area contributed by atoms with Gasteiger partial charge in [0.05, 0.1) is 23.5 Å². The van der Waals surface area contributed by atoms with Crippen LogP contribution >= 0.6 is 11.3 Å². The van der Waals surface area contributed by atoms with Crippen molar-refractivity contribution in [3.05, 3.63) is 45.8 Å². The Bertz CT molecular complexity index is 1360. The number of nitriles is 1. The summed E-state index contributed by atoms with van der Waals surface area (Å²) in [6.45, 7) is 8.76. The molecular weight excluding hydrogens is 512 g/mol. The SMILES string of the molecule is COC(=O)C1CCN(S(=O)(=O)c2ccc(C(=O)Nc3sc4c(c3C#N)CC(C)(C)NC4(C)C)cc2)CC1. The number of methoxy groups -OCH3 is 1. The lowest BCUT2D eigenvalue weighted by Crippen LogP contribution is -2.54. The van der Waals surface area contributed by atoms with Crippen LogP contribution in [0.25, 0.3) is 0 Å². The lowest BCUT2D eigenvalue weighted by Gasteiger charge is -2.42. The van der Waals surface area contributed by atoms with Crippen LogP contribution in [0.1, 0.15) is 66.9 Å². The second-order valence-electron chi connectivity index (χ2n) is 10.7. The number of thiophene rings is 1. The molecule has 0 spiro atoms. The Labute approximate surface area is 221 Å². The maximum atomic E-state index is 13.1. The van der Waals surface area contributed by atoms with Gasteiger partial charge in [0, 0.05) is 34.6 Å². The highest BCUT2D eigenvalue weighted by Crippen LogP contribution is 2.44. The first-order valence-corrected chi connectivity index (χ1v) is 14.4. The molecule has 11 heteroatoms. The van der Waals surface area contributed by atoms with E-state index in [-0.39, 0.29) is 46.5 Å². The molecule has 9 nitrogen and oxygen atoms in total. The van der Waals surface area contributed by atoms with Gasteiger partial charge in [-0.2, -0.15) is 9.57 Å². The standard InChI is InChI=1S/C26H32N4O5S2/c1-25(2)14-19-20(15-27)23(36-21(19)26(3,4)29-25)28-22(31)16-6-8-18(9-7-16)37(33,34)30-12-10-17(11-13-30)24(32)35-5/h6-9,17,29H,10-14H2,1-5H3,(H,28,31). The van der Waals surface area contributed by atoms with Gasteiger partial charge in [0.2, 0.25) is 10.0 Å². The first-order valence-electron chi connectivity index (χ1n) is 12.1. The summed E-state index contributed by atoms with van der Waals surface area (Å²) in [4.78, 5) is 25.9. The highest BCUT2D eigenvalue weighted by atomic mass is 32.2. The third-order valence-electron chi connectivity index (χ3n) is 6.93. The van der Waals surface area contributed by atoms with E-state index >= 15 is 0 Å². The zero-order chi connectivity index (χ0) is 27.2. The van der Waals surface area contributed by atoms with Crippen molar-refractivity contribution in [3.8, 4) is 6.07 Å². The van der Waals surface area contributed by atoms with Crippen LogP contribution in [0.4, 0.5) is 5.00 Å². The molecule has 1 aromatic carbocycles. The zero-order valence-electron chi connectivity index (χ0n) is 21.7. The number of piperidine rings is 1. The van der Waals surface area contributed by atoms with E-state index in [0.29, 0.717) is 29.8 Å². The summed E-state index contributed by atoms with van der Waals surface area (Å²) in [6.07, 6.45) is 1.48. The summed E-state index contributed by atoms with van der Waals surface area (Å²) in [5, 5.41) is 16.9. The molecule has 198 valence electrons. The molecule has 2 aliphatic heterocycles. The maximum absolute atomic E-state index is 13.1. The van der Waals surface area contributed by atoms with Gasteiger partial charge in [-0.3, -0.25) is 9.59 Å². The summed E-state index contributed by atoms with van der Waals surface area (Å²) < 4.78 is 32.3. The van der Waals surface area contributed by atoms with Crippen LogP contribution in [0.15, 0.2) is 29.2 Å². The first-order chi connectivity index (χ1) is 17.3. The van der Waals surface area contributed by atoms with Crippen LogP contribution in [0.5, 0.6) is 0 Å². The summed E-state index contributed by atoms with van der Waals surface area (Å²) in [5.74, 6) is -1.03. The quantitative estimate of drug-likeness (QED) is 0.550. The van der Waals surface area contributed by atoms with E-state index in [1.54, 1.807) is 0 Å². The van der Waals surface area contributed by atoms with E-state index in [0.717, 1.165) is 10.4 Å². The highest BCUT2D eigenvalue weighted by molar-refractivity contribution is 7.89. The van der Waals surface area contributed by atoms with Crippen LogP contribution in [0, 0.1) is 17.2 Å². The molecule has 2 N–H and O–H groups in total. The van der Waals surface area contributed by atoms with Gasteiger partial charge in [0.15, 0.2) is 0 Å². The average Bonchev–Trinajstić information content (AvgIpc) is 3.19. The Kier molecular flexibility index (Phi) is 7.25. The van der Waals surface area contributed by atoms with Crippen molar-refractivity contribution in [2.75, 3.05) is 25.5 Å². The number of esters is 1. The minimum atomic E-state index is -3.75. The van der Waals surface area contributed by atoms with E-state index in [2.05, 4.69) is 44.4 Å². The number of hydrogen-bond acceptors (Lipinski definition) is 8. The number of nitrogens with zero attached hydrogens (tertiary/aromatic N) is 2. The van der Waals surface area contributed by atoms with Crippen molar-refractivity contribution >= 4 is 38.2 Å². The highest BCUT2D eigenvalue weighted by Gasteiger charge is 2.40. The molecular formula is C26H32N4O5S2. The van der Waals surface area contributed by atoms with Gasteiger partial charge in [-0.05, 0) is 76.8 Å². The Morgan fingerprint density at radius 1 is 1.16 bits per heavy atom. The number of carbonyl (C=O) groups excluding carboxylic acids is 2. The molecule has 4 rings (SSSR count). The lowest BCUT2D eigenvalue weighted by atomic mass is 9.81. The number of hydrogen-bond donors (Lipinski definition) is 2. The van der Waals surface area contributed by atoms with Gasteiger partial charge in [-0.25, -0.2) is 8.42 Å². The number of rotatable bonds is 5.